The van der Waals surface area contributed by atoms with Crippen molar-refractivity contribution >= 4 is 60.4 Å². The van der Waals surface area contributed by atoms with E-state index in [1.807, 2.05) is 30.5 Å². The van der Waals surface area contributed by atoms with Gasteiger partial charge in [0.2, 0.25) is 0 Å². The number of aromatic nitrogens is 2. The largest absolute Gasteiger partial charge is 0.512 e. The summed E-state index contributed by atoms with van der Waals surface area (Å²) in [5.41, 5.74) is 5.92. The van der Waals surface area contributed by atoms with Gasteiger partial charge in [-0.3, -0.25) is 4.79 Å². The first-order chi connectivity index (χ1) is 18.0. The number of furan rings is 1. The van der Waals surface area contributed by atoms with Gasteiger partial charge in [0.1, 0.15) is 5.58 Å². The molecule has 0 aliphatic rings. The second kappa shape index (κ2) is 10.3. The number of fused-ring (bicyclic) bond motifs is 4. The van der Waals surface area contributed by atoms with Crippen molar-refractivity contribution in [1.82, 2.24) is 9.55 Å². The molecule has 189 valence electrons. The van der Waals surface area contributed by atoms with Crippen LogP contribution in [0.5, 0.6) is 0 Å². The van der Waals surface area contributed by atoms with E-state index in [1.54, 1.807) is 0 Å². The first kappa shape index (κ1) is 25.4. The summed E-state index contributed by atoms with van der Waals surface area (Å²) < 4.78 is 8.54. The van der Waals surface area contributed by atoms with Crippen molar-refractivity contribution in [3.63, 3.8) is 0 Å². The summed E-state index contributed by atoms with van der Waals surface area (Å²) in [6.45, 7) is 2.85. The molecular formula is C32H23IrN2O3-. The van der Waals surface area contributed by atoms with Crippen molar-refractivity contribution in [2.45, 2.75) is 13.8 Å². The fourth-order valence-electron chi connectivity index (χ4n) is 4.98. The molecule has 1 N–H and O–H groups in total. The van der Waals surface area contributed by atoms with Crippen molar-refractivity contribution < 1.29 is 34.4 Å². The minimum atomic E-state index is -0.125. The maximum atomic E-state index is 10.0. The molecule has 0 saturated carbocycles. The molecule has 0 bridgehead atoms. The van der Waals surface area contributed by atoms with E-state index < -0.39 is 0 Å². The number of benzene rings is 4. The van der Waals surface area contributed by atoms with Gasteiger partial charge in [-0.15, -0.1) is 17.5 Å². The van der Waals surface area contributed by atoms with Gasteiger partial charge < -0.3 is 19.1 Å². The molecule has 1 radical (unpaired) electrons. The summed E-state index contributed by atoms with van der Waals surface area (Å²) in [5.74, 6) is -0.0625. The van der Waals surface area contributed by atoms with Crippen LogP contribution >= 0.6 is 0 Å². The third kappa shape index (κ3) is 4.28. The molecule has 4 aromatic carbocycles. The Morgan fingerprint density at radius 3 is 2.39 bits per heavy atom. The Hall–Kier alpha value is -4.25. The van der Waals surface area contributed by atoms with Crippen LogP contribution in [0.1, 0.15) is 13.8 Å². The van der Waals surface area contributed by atoms with Crippen LogP contribution in [0.2, 0.25) is 0 Å². The number of nitrogens with zero attached hydrogens (tertiary/aromatic N) is 2. The second-order valence-corrected chi connectivity index (χ2v) is 8.95. The van der Waals surface area contributed by atoms with Crippen molar-refractivity contribution in [3.8, 4) is 5.69 Å². The first-order valence-corrected chi connectivity index (χ1v) is 12.0. The summed E-state index contributed by atoms with van der Waals surface area (Å²) in [5, 5.41) is 13.8. The zero-order valence-corrected chi connectivity index (χ0v) is 23.1. The van der Waals surface area contributed by atoms with Crippen LogP contribution in [0, 0.1) is 6.07 Å². The Morgan fingerprint density at radius 2 is 1.66 bits per heavy atom. The monoisotopic (exact) mass is 676 g/mol. The number of carbonyl (C=O) groups excluding carboxylic acids is 1. The van der Waals surface area contributed by atoms with E-state index in [1.165, 1.54) is 19.9 Å². The maximum absolute atomic E-state index is 10.0. The number of hydrogen-bond acceptors (Lipinski definition) is 4. The minimum absolute atomic E-state index is 0. The number of carbonyl (C=O) groups is 1. The van der Waals surface area contributed by atoms with Gasteiger partial charge in [-0.25, -0.2) is 0 Å². The molecule has 0 saturated heterocycles. The Labute approximate surface area is 232 Å². The van der Waals surface area contributed by atoms with Crippen LogP contribution in [-0.2, 0) is 24.9 Å². The van der Waals surface area contributed by atoms with Gasteiger partial charge in [-0.2, -0.15) is 0 Å². The van der Waals surface area contributed by atoms with E-state index in [0.717, 1.165) is 60.3 Å². The molecule has 5 nitrogen and oxygen atoms in total. The molecule has 3 heterocycles. The Balaban J connectivity index is 0.000000329. The van der Waals surface area contributed by atoms with Crippen LogP contribution in [0.4, 0.5) is 0 Å². The molecule has 0 amide bonds. The predicted molar refractivity (Wildman–Crippen MR) is 149 cm³/mol. The van der Waals surface area contributed by atoms with E-state index in [0.29, 0.717) is 0 Å². The van der Waals surface area contributed by atoms with E-state index in [-0.39, 0.29) is 31.6 Å². The van der Waals surface area contributed by atoms with Crippen LogP contribution < -0.4 is 0 Å². The van der Waals surface area contributed by atoms with E-state index in [4.69, 9.17) is 14.5 Å². The molecule has 6 heteroatoms. The molecule has 3 aromatic heterocycles. The summed E-state index contributed by atoms with van der Waals surface area (Å²) >= 11 is 0. The molecule has 7 rings (SSSR count). The smallest absolute Gasteiger partial charge is 0.155 e. The quantitative estimate of drug-likeness (QED) is 0.114. The average Bonchev–Trinajstić information content (AvgIpc) is 3.22. The molecule has 0 unspecified atom stereocenters. The van der Waals surface area contributed by atoms with Crippen LogP contribution in [0.25, 0.3) is 60.3 Å². The zero-order valence-electron chi connectivity index (χ0n) is 20.7. The molecule has 0 spiro atoms. The van der Waals surface area contributed by atoms with Gasteiger partial charge in [0, 0.05) is 65.4 Å². The molecular weight excluding hydrogens is 653 g/mol. The summed E-state index contributed by atoms with van der Waals surface area (Å²) in [6, 6.07) is 32.5. The van der Waals surface area contributed by atoms with Gasteiger partial charge in [-0.1, -0.05) is 60.0 Å². The Bertz CT molecular complexity index is 1980. The number of ketones is 1. The van der Waals surface area contributed by atoms with Crippen LogP contribution in [-0.4, -0.2) is 20.4 Å². The van der Waals surface area contributed by atoms with Crippen molar-refractivity contribution in [2.24, 2.45) is 0 Å². The van der Waals surface area contributed by atoms with Gasteiger partial charge >= 0.3 is 0 Å². The third-order valence-electron chi connectivity index (χ3n) is 6.33. The van der Waals surface area contributed by atoms with Gasteiger partial charge in [-0.05, 0) is 43.5 Å². The number of rotatable bonds is 2. The van der Waals surface area contributed by atoms with Gasteiger partial charge in [0.25, 0.3) is 0 Å². The standard InChI is InChI=1S/C27H15N2O.C5H8O2.Ir/c1-2-9-18(10-3-1)29-21-13-7-15-23-25(21)24-20(12-6-14-22(24)30-23)26-27(29)19-11-5-4-8-17(19)16-28-26;1-4(6)3-5(2)7;/h1-11,13-16H;3,6H,1-2H3;/q-1;;/b;4-3-;. The Morgan fingerprint density at radius 1 is 0.921 bits per heavy atom. The number of allylic oxidation sites excluding steroid dienone is 2. The summed E-state index contributed by atoms with van der Waals surface area (Å²) in [6.07, 6.45) is 3.12. The molecule has 38 heavy (non-hydrogen) atoms. The van der Waals surface area contributed by atoms with Crippen molar-refractivity contribution in [2.75, 3.05) is 0 Å². The number of para-hydroxylation sites is 1. The third-order valence-corrected chi connectivity index (χ3v) is 6.33. The fraction of sp³-hybridized carbons (Fsp3) is 0.0625. The number of hydrogen-bond donors (Lipinski definition) is 1. The van der Waals surface area contributed by atoms with Gasteiger partial charge in [0.05, 0.1) is 11.3 Å². The Kier molecular flexibility index (Phi) is 6.85. The van der Waals surface area contributed by atoms with Crippen LogP contribution in [0.15, 0.2) is 107 Å². The van der Waals surface area contributed by atoms with Crippen molar-refractivity contribution in [1.29, 1.82) is 0 Å². The number of aliphatic hydroxyl groups excluding tert-OH is 1. The minimum Gasteiger partial charge on any atom is -0.512 e. The molecule has 0 fully saturated rings. The predicted octanol–water partition coefficient (Wildman–Crippen LogP) is 8.07. The van der Waals surface area contributed by atoms with Crippen molar-refractivity contribution in [3.05, 3.63) is 109 Å². The average molecular weight is 676 g/mol. The van der Waals surface area contributed by atoms with Crippen LogP contribution in [0.3, 0.4) is 0 Å². The molecule has 0 aliphatic heterocycles. The summed E-state index contributed by atoms with van der Waals surface area (Å²) in [4.78, 5) is 15.0. The number of aliphatic hydroxyl groups is 1. The molecule has 0 atom stereocenters. The molecule has 0 aliphatic carbocycles. The van der Waals surface area contributed by atoms with Gasteiger partial charge in [0.15, 0.2) is 5.78 Å². The normalized spacial score (nSPS) is 11.6. The van der Waals surface area contributed by atoms with E-state index in [2.05, 4.69) is 71.3 Å². The van der Waals surface area contributed by atoms with E-state index >= 15 is 0 Å². The topological polar surface area (TPSA) is 68.3 Å². The second-order valence-electron chi connectivity index (χ2n) is 8.95. The molecule has 7 aromatic rings. The number of pyridine rings is 1. The first-order valence-electron chi connectivity index (χ1n) is 12.0. The fourth-order valence-corrected chi connectivity index (χ4v) is 4.98. The summed E-state index contributed by atoms with van der Waals surface area (Å²) in [7, 11) is 0. The zero-order chi connectivity index (χ0) is 25.5. The van der Waals surface area contributed by atoms with E-state index in [9.17, 15) is 4.79 Å². The SMILES string of the molecule is CC(=O)/C=C(/C)O.[Ir].[c-]1ccc2oc3cccc4c3c2c1c1ncc2ccccc2c1n4-c1ccccc1. The maximum Gasteiger partial charge on any atom is 0.155 e.